The number of hydrogen-bond acceptors (Lipinski definition) is 12. The van der Waals surface area contributed by atoms with Crippen LogP contribution in [0.25, 0.3) is 0 Å². The predicted molar refractivity (Wildman–Crippen MR) is 214 cm³/mol. The van der Waals surface area contributed by atoms with Crippen LogP contribution in [0, 0.1) is 40.4 Å². The number of allylic oxidation sites excluding steroid dienone is 4. The van der Waals surface area contributed by atoms with Crippen molar-refractivity contribution < 1.29 is 59.3 Å². The second-order valence-corrected chi connectivity index (χ2v) is 19.8. The Morgan fingerprint density at radius 3 is 2.28 bits per heavy atom. The maximum absolute atomic E-state index is 17.5. The molecule has 0 bridgehead atoms. The highest BCUT2D eigenvalue weighted by Gasteiger charge is 2.74. The second-order valence-electron chi connectivity index (χ2n) is 19.8. The van der Waals surface area contributed by atoms with Crippen LogP contribution in [-0.4, -0.2) is 137 Å². The quantitative estimate of drug-likeness (QED) is 0.110. The van der Waals surface area contributed by atoms with Crippen LogP contribution in [0.1, 0.15) is 114 Å². The summed E-state index contributed by atoms with van der Waals surface area (Å²) in [6.45, 7) is 15.4. The molecule has 1 saturated heterocycles. The first-order valence-corrected chi connectivity index (χ1v) is 21.5. The van der Waals surface area contributed by atoms with Crippen molar-refractivity contribution in [3.63, 3.8) is 0 Å². The van der Waals surface area contributed by atoms with E-state index >= 15 is 4.39 Å². The van der Waals surface area contributed by atoms with Gasteiger partial charge in [-0.15, -0.1) is 0 Å². The van der Waals surface area contributed by atoms with Crippen molar-refractivity contribution >= 4 is 17.7 Å². The summed E-state index contributed by atoms with van der Waals surface area (Å²) >= 11 is 0. The number of ether oxygens (including phenoxy) is 1. The molecule has 2 unspecified atom stereocenters. The van der Waals surface area contributed by atoms with Crippen molar-refractivity contribution in [3.8, 4) is 0 Å². The number of hydrogen-bond donors (Lipinski definition) is 8. The SMILES string of the molecule is CC[C@H]1OC(=O)[C@H](C)[C@@H](O)[C@H](C)[C@@H](O)[C@](C)(O)C[C@@H](C)CN(CCCNC(=O)[C@@]2(O)CCC3C4CC=C5CC(=O)C=C[C@]5(C)[C@@]4(F)[C@@H](O)C[C@@]32C)[C@H](C)[C@@H](O)[C@]1(C)O. The molecule has 8 N–H and O–H groups in total. The third kappa shape index (κ3) is 7.64. The van der Waals surface area contributed by atoms with E-state index in [1.807, 2.05) is 17.9 Å². The normalized spacial score (nSPS) is 49.4. The molecule has 0 aromatic rings. The van der Waals surface area contributed by atoms with Crippen LogP contribution in [0.5, 0.6) is 0 Å². The van der Waals surface area contributed by atoms with Gasteiger partial charge in [-0.05, 0) is 97.5 Å². The van der Waals surface area contributed by atoms with Crippen LogP contribution >= 0.6 is 0 Å². The minimum atomic E-state index is -2.08. The number of amides is 1. The van der Waals surface area contributed by atoms with Crippen LogP contribution in [0.3, 0.4) is 0 Å². The van der Waals surface area contributed by atoms with E-state index in [9.17, 15) is 50.1 Å². The number of alkyl halides is 1. The van der Waals surface area contributed by atoms with Gasteiger partial charge in [-0.2, -0.15) is 0 Å². The number of carbonyl (C=O) groups is 3. The molecule has 3 fully saturated rings. The molecule has 2 saturated carbocycles. The van der Waals surface area contributed by atoms with Gasteiger partial charge in [-0.1, -0.05) is 45.4 Å². The third-order valence-electron chi connectivity index (χ3n) is 15.8. The third-order valence-corrected chi connectivity index (χ3v) is 15.8. The van der Waals surface area contributed by atoms with Crippen molar-refractivity contribution in [1.82, 2.24) is 10.2 Å². The maximum atomic E-state index is 17.5. The molecule has 13 nitrogen and oxygen atoms in total. The molecular formula is C44H71FN2O11. The zero-order valence-electron chi connectivity index (χ0n) is 35.9. The molecule has 58 heavy (non-hydrogen) atoms. The summed E-state index contributed by atoms with van der Waals surface area (Å²) in [6, 6.07) is -0.727. The van der Waals surface area contributed by atoms with Gasteiger partial charge >= 0.3 is 5.97 Å². The lowest BCUT2D eigenvalue weighted by atomic mass is 9.45. The fourth-order valence-electron chi connectivity index (χ4n) is 12.0. The average molecular weight is 823 g/mol. The molecule has 4 aliphatic carbocycles. The Hall–Kier alpha value is -2.30. The Morgan fingerprint density at radius 1 is 0.983 bits per heavy atom. The van der Waals surface area contributed by atoms with Gasteiger partial charge in [-0.3, -0.25) is 19.3 Å². The van der Waals surface area contributed by atoms with Gasteiger partial charge in [0.15, 0.2) is 11.5 Å². The standard InChI is InChI=1S/C44H71FN2O11/c1-10-33-42(9,56)36(52)27(5)47(23-24(2)21-41(8,55)35(51)25(3)34(50)26(4)37(53)58-33)19-11-18-46-38(54)43(57)17-15-30-31-13-12-28-20-29(48)14-16-39(28,6)44(31,45)32(49)22-40(30,43)7/h12,14,16,24-27,30-36,49-52,55-57H,10-11,13,15,17-23H2,1-9H3,(H,46,54)/t24-,25+,26-,27-,30?,31?,32+,33-,34+,35-,36-,39+,40+,41-,42-,43+,44+/m1/s1. The van der Waals surface area contributed by atoms with E-state index in [4.69, 9.17) is 4.74 Å². The molecular weight excluding hydrogens is 751 g/mol. The van der Waals surface area contributed by atoms with Crippen LogP contribution in [-0.2, 0) is 19.1 Å². The molecule has 5 rings (SSSR count). The zero-order valence-corrected chi connectivity index (χ0v) is 35.9. The van der Waals surface area contributed by atoms with E-state index in [2.05, 4.69) is 5.32 Å². The summed E-state index contributed by atoms with van der Waals surface area (Å²) in [5.41, 5.74) is -9.20. The minimum absolute atomic E-state index is 0.0895. The number of ketones is 1. The van der Waals surface area contributed by atoms with E-state index < -0.39 is 105 Å². The van der Waals surface area contributed by atoms with Gasteiger partial charge in [0.1, 0.15) is 23.4 Å². The van der Waals surface area contributed by atoms with Gasteiger partial charge in [0.25, 0.3) is 5.91 Å². The lowest BCUT2D eigenvalue weighted by Gasteiger charge is -2.61. The summed E-state index contributed by atoms with van der Waals surface area (Å²) in [5, 5.41) is 83.9. The first-order valence-electron chi connectivity index (χ1n) is 21.5. The number of rotatable bonds is 6. The van der Waals surface area contributed by atoms with Crippen molar-refractivity contribution in [2.24, 2.45) is 40.4 Å². The van der Waals surface area contributed by atoms with Gasteiger partial charge in [0, 0.05) is 54.8 Å². The summed E-state index contributed by atoms with van der Waals surface area (Å²) < 4.78 is 23.2. The number of aliphatic hydroxyl groups is 7. The van der Waals surface area contributed by atoms with E-state index in [0.717, 1.165) is 0 Å². The highest BCUT2D eigenvalue weighted by atomic mass is 19.1. The predicted octanol–water partition coefficient (Wildman–Crippen LogP) is 2.50. The average Bonchev–Trinajstić information content (AvgIpc) is 3.42. The zero-order chi connectivity index (χ0) is 43.6. The number of cyclic esters (lactones) is 1. The van der Waals surface area contributed by atoms with Crippen LogP contribution in [0.15, 0.2) is 23.8 Å². The molecule has 1 amide bonds. The largest absolute Gasteiger partial charge is 0.459 e. The summed E-state index contributed by atoms with van der Waals surface area (Å²) in [7, 11) is 0. The Bertz CT molecular complexity index is 1620. The number of fused-ring (bicyclic) bond motifs is 5. The van der Waals surface area contributed by atoms with E-state index in [0.29, 0.717) is 37.9 Å². The molecule has 17 atom stereocenters. The van der Waals surface area contributed by atoms with Crippen LogP contribution in [0.4, 0.5) is 4.39 Å². The summed E-state index contributed by atoms with van der Waals surface area (Å²) in [6.07, 6.45) is -0.635. The number of carbonyl (C=O) groups excluding carboxylic acids is 3. The lowest BCUT2D eigenvalue weighted by Crippen LogP contribution is -2.69. The highest BCUT2D eigenvalue weighted by molar-refractivity contribution is 5.93. The topological polar surface area (TPSA) is 217 Å². The van der Waals surface area contributed by atoms with E-state index in [-0.39, 0.29) is 50.4 Å². The van der Waals surface area contributed by atoms with E-state index in [1.54, 1.807) is 40.7 Å². The number of halogens is 1. The number of nitrogens with one attached hydrogen (secondary N) is 1. The van der Waals surface area contributed by atoms with Gasteiger partial charge in [-0.25, -0.2) is 4.39 Å². The second kappa shape index (κ2) is 16.5. The molecule has 0 radical (unpaired) electrons. The Balaban J connectivity index is 1.32. The Morgan fingerprint density at radius 2 is 1.64 bits per heavy atom. The summed E-state index contributed by atoms with van der Waals surface area (Å²) in [5.74, 6) is -4.92. The first-order chi connectivity index (χ1) is 26.7. The molecule has 0 spiro atoms. The summed E-state index contributed by atoms with van der Waals surface area (Å²) in [4.78, 5) is 41.4. The van der Waals surface area contributed by atoms with Crippen molar-refractivity contribution in [1.29, 1.82) is 0 Å². The fraction of sp³-hybridized carbons (Fsp3) is 0.841. The monoisotopic (exact) mass is 823 g/mol. The minimum Gasteiger partial charge on any atom is -0.459 e. The molecule has 1 aliphatic heterocycles. The molecule has 14 heteroatoms. The molecule has 0 aromatic heterocycles. The Kier molecular flexibility index (Phi) is 13.3. The van der Waals surface area contributed by atoms with Crippen LogP contribution in [0.2, 0.25) is 0 Å². The van der Waals surface area contributed by atoms with Crippen LogP contribution < -0.4 is 5.32 Å². The molecule has 330 valence electrons. The molecule has 0 aromatic carbocycles. The highest BCUT2D eigenvalue weighted by Crippen LogP contribution is 2.69. The van der Waals surface area contributed by atoms with Crippen molar-refractivity contribution in [2.45, 2.75) is 173 Å². The molecule has 1 heterocycles. The fourth-order valence-corrected chi connectivity index (χ4v) is 12.0. The smallest absolute Gasteiger partial charge is 0.311 e. The lowest BCUT2D eigenvalue weighted by molar-refractivity contribution is -0.212. The number of esters is 1. The van der Waals surface area contributed by atoms with Crippen molar-refractivity contribution in [3.05, 3.63) is 23.8 Å². The van der Waals surface area contributed by atoms with Gasteiger partial charge in [0.05, 0.1) is 29.8 Å². The number of aliphatic hydroxyl groups excluding tert-OH is 4. The van der Waals surface area contributed by atoms with E-state index in [1.165, 1.54) is 26.8 Å². The number of nitrogens with zero attached hydrogens (tertiary/aromatic N) is 1. The maximum Gasteiger partial charge on any atom is 0.311 e. The van der Waals surface area contributed by atoms with Crippen molar-refractivity contribution in [2.75, 3.05) is 19.6 Å². The first kappa shape index (κ1) is 46.8. The Labute approximate surface area is 343 Å². The van der Waals surface area contributed by atoms with Gasteiger partial charge < -0.3 is 45.8 Å². The molecule has 5 aliphatic rings. The van der Waals surface area contributed by atoms with Gasteiger partial charge in [0.2, 0.25) is 0 Å².